The van der Waals surface area contributed by atoms with E-state index in [-0.39, 0.29) is 0 Å². The molecule has 0 amide bonds. The third kappa shape index (κ3) is 3.60. The average molecular weight is 240 g/mol. The van der Waals surface area contributed by atoms with Crippen molar-refractivity contribution in [2.24, 2.45) is 5.41 Å². The van der Waals surface area contributed by atoms with Crippen molar-refractivity contribution in [1.82, 2.24) is 0 Å². The normalized spacial score (nSPS) is 18.9. The van der Waals surface area contributed by atoms with Gasteiger partial charge in [-0.1, -0.05) is 67.8 Å². The maximum absolute atomic E-state index is 3.93. The van der Waals surface area contributed by atoms with Crippen LogP contribution in [-0.4, -0.2) is 0 Å². The number of benzene rings is 1. The van der Waals surface area contributed by atoms with Crippen molar-refractivity contribution in [3.05, 3.63) is 60.7 Å². The highest BCUT2D eigenvalue weighted by Gasteiger charge is 2.27. The summed E-state index contributed by atoms with van der Waals surface area (Å²) in [5, 5.41) is 0. The minimum Gasteiger partial charge on any atom is -0.103 e. The van der Waals surface area contributed by atoms with Gasteiger partial charge in [-0.25, -0.2) is 0 Å². The molecule has 0 heterocycles. The Kier molecular flexibility index (Phi) is 4.81. The molecular weight excluding hydrogens is 216 g/mol. The fourth-order valence-electron chi connectivity index (χ4n) is 3.04. The lowest BCUT2D eigenvalue weighted by Gasteiger charge is -2.33. The van der Waals surface area contributed by atoms with Crippen LogP contribution < -0.4 is 0 Å². The van der Waals surface area contributed by atoms with Gasteiger partial charge >= 0.3 is 0 Å². The summed E-state index contributed by atoms with van der Waals surface area (Å²) in [5.74, 6) is 0. The number of rotatable bonds is 5. The molecule has 0 heteroatoms. The lowest BCUT2D eigenvalue weighted by atomic mass is 9.71. The molecule has 0 bridgehead atoms. The Hall–Kier alpha value is -1.30. The standard InChI is InChI=1S/C18H24/c1-2-13-18(14-7-4-8-15-18)16-9-12-17-10-5-3-6-11-17/h2-3,5-6,9-11,16H,1,4,7-8,12-15H2. The Morgan fingerprint density at radius 2 is 1.78 bits per heavy atom. The molecule has 1 saturated carbocycles. The third-order valence-corrected chi connectivity index (χ3v) is 4.07. The van der Waals surface area contributed by atoms with Gasteiger partial charge in [-0.05, 0) is 36.7 Å². The number of hydrogen-bond acceptors (Lipinski definition) is 0. The fourth-order valence-corrected chi connectivity index (χ4v) is 3.04. The van der Waals surface area contributed by atoms with Crippen LogP contribution in [0.5, 0.6) is 0 Å². The number of allylic oxidation sites excluding steroid dienone is 3. The van der Waals surface area contributed by atoms with Gasteiger partial charge in [0.05, 0.1) is 0 Å². The van der Waals surface area contributed by atoms with Crippen molar-refractivity contribution in [2.75, 3.05) is 0 Å². The Balaban J connectivity index is 1.98. The van der Waals surface area contributed by atoms with E-state index in [1.807, 2.05) is 0 Å². The van der Waals surface area contributed by atoms with Crippen LogP contribution >= 0.6 is 0 Å². The van der Waals surface area contributed by atoms with E-state index in [1.165, 1.54) is 37.7 Å². The molecule has 0 N–H and O–H groups in total. The van der Waals surface area contributed by atoms with Crippen molar-refractivity contribution in [3.63, 3.8) is 0 Å². The van der Waals surface area contributed by atoms with E-state index in [0.717, 1.165) is 12.8 Å². The van der Waals surface area contributed by atoms with Crippen LogP contribution in [0.25, 0.3) is 0 Å². The van der Waals surface area contributed by atoms with E-state index in [0.29, 0.717) is 5.41 Å². The molecule has 2 rings (SSSR count). The van der Waals surface area contributed by atoms with Gasteiger partial charge in [0, 0.05) is 0 Å². The van der Waals surface area contributed by atoms with E-state index in [9.17, 15) is 0 Å². The maximum atomic E-state index is 3.93. The highest BCUT2D eigenvalue weighted by atomic mass is 14.3. The number of hydrogen-bond donors (Lipinski definition) is 0. The lowest BCUT2D eigenvalue weighted by molar-refractivity contribution is 0.260. The summed E-state index contributed by atoms with van der Waals surface area (Å²) < 4.78 is 0. The first-order valence-electron chi connectivity index (χ1n) is 7.17. The molecule has 0 unspecified atom stereocenters. The first-order chi connectivity index (χ1) is 8.85. The molecule has 1 aliphatic rings. The van der Waals surface area contributed by atoms with Crippen molar-refractivity contribution >= 4 is 0 Å². The molecule has 0 aliphatic heterocycles. The highest BCUT2D eigenvalue weighted by Crippen LogP contribution is 2.40. The van der Waals surface area contributed by atoms with Crippen molar-refractivity contribution in [1.29, 1.82) is 0 Å². The Labute approximate surface area is 111 Å². The molecular formula is C18H24. The second kappa shape index (κ2) is 6.58. The highest BCUT2D eigenvalue weighted by molar-refractivity contribution is 5.18. The molecule has 1 aromatic rings. The van der Waals surface area contributed by atoms with Gasteiger partial charge in [-0.3, -0.25) is 0 Å². The lowest BCUT2D eigenvalue weighted by Crippen LogP contribution is -2.20. The van der Waals surface area contributed by atoms with Crippen LogP contribution in [-0.2, 0) is 6.42 Å². The third-order valence-electron chi connectivity index (χ3n) is 4.07. The van der Waals surface area contributed by atoms with E-state index < -0.39 is 0 Å². The van der Waals surface area contributed by atoms with Crippen LogP contribution in [0.15, 0.2) is 55.1 Å². The average Bonchev–Trinajstić information content (AvgIpc) is 2.41. The van der Waals surface area contributed by atoms with Crippen LogP contribution in [0, 0.1) is 5.41 Å². The van der Waals surface area contributed by atoms with Gasteiger partial charge < -0.3 is 0 Å². The Bertz CT molecular complexity index is 380. The molecule has 18 heavy (non-hydrogen) atoms. The van der Waals surface area contributed by atoms with E-state index >= 15 is 0 Å². The summed E-state index contributed by atoms with van der Waals surface area (Å²) in [5.41, 5.74) is 1.81. The van der Waals surface area contributed by atoms with Crippen molar-refractivity contribution in [3.8, 4) is 0 Å². The van der Waals surface area contributed by atoms with Crippen LogP contribution in [0.1, 0.15) is 44.1 Å². The molecule has 0 aromatic heterocycles. The molecule has 0 radical (unpaired) electrons. The predicted molar refractivity (Wildman–Crippen MR) is 79.6 cm³/mol. The van der Waals surface area contributed by atoms with Gasteiger partial charge in [0.15, 0.2) is 0 Å². The predicted octanol–water partition coefficient (Wildman–Crippen LogP) is 5.31. The molecule has 0 spiro atoms. The van der Waals surface area contributed by atoms with Gasteiger partial charge in [0.2, 0.25) is 0 Å². The molecule has 1 aliphatic carbocycles. The first kappa shape index (κ1) is 13.1. The zero-order valence-electron chi connectivity index (χ0n) is 11.3. The molecule has 0 nitrogen and oxygen atoms in total. The molecule has 0 saturated heterocycles. The summed E-state index contributed by atoms with van der Waals surface area (Å²) in [6, 6.07) is 10.7. The second-order valence-electron chi connectivity index (χ2n) is 5.51. The zero-order chi connectivity index (χ0) is 12.7. The van der Waals surface area contributed by atoms with Gasteiger partial charge in [-0.2, -0.15) is 0 Å². The quantitative estimate of drug-likeness (QED) is 0.612. The molecule has 1 fully saturated rings. The zero-order valence-corrected chi connectivity index (χ0v) is 11.3. The summed E-state index contributed by atoms with van der Waals surface area (Å²) in [6.45, 7) is 3.93. The summed E-state index contributed by atoms with van der Waals surface area (Å²) in [4.78, 5) is 0. The second-order valence-corrected chi connectivity index (χ2v) is 5.51. The van der Waals surface area contributed by atoms with Crippen LogP contribution in [0.2, 0.25) is 0 Å². The topological polar surface area (TPSA) is 0 Å². The monoisotopic (exact) mass is 240 g/mol. The minimum atomic E-state index is 0.411. The van der Waals surface area contributed by atoms with Crippen LogP contribution in [0.4, 0.5) is 0 Å². The van der Waals surface area contributed by atoms with E-state index in [4.69, 9.17) is 0 Å². The largest absolute Gasteiger partial charge is 0.103 e. The molecule has 1 aromatic carbocycles. The van der Waals surface area contributed by atoms with Crippen molar-refractivity contribution in [2.45, 2.75) is 44.9 Å². The van der Waals surface area contributed by atoms with Crippen LogP contribution in [0.3, 0.4) is 0 Å². The molecule has 96 valence electrons. The summed E-state index contributed by atoms with van der Waals surface area (Å²) >= 11 is 0. The fraction of sp³-hybridized carbons (Fsp3) is 0.444. The van der Waals surface area contributed by atoms with E-state index in [2.05, 4.69) is 55.1 Å². The summed E-state index contributed by atoms with van der Waals surface area (Å²) in [7, 11) is 0. The van der Waals surface area contributed by atoms with Gasteiger partial charge in [-0.15, -0.1) is 6.58 Å². The first-order valence-corrected chi connectivity index (χ1v) is 7.17. The Morgan fingerprint density at radius 1 is 1.06 bits per heavy atom. The van der Waals surface area contributed by atoms with Gasteiger partial charge in [0.25, 0.3) is 0 Å². The SMILES string of the molecule is C=CCC1(C=CCc2ccccc2)CCCCC1. The smallest absolute Gasteiger partial charge is 0.00838 e. The van der Waals surface area contributed by atoms with Gasteiger partial charge in [0.1, 0.15) is 0 Å². The van der Waals surface area contributed by atoms with Crippen molar-refractivity contribution < 1.29 is 0 Å². The minimum absolute atomic E-state index is 0.411. The molecule has 0 atom stereocenters. The van der Waals surface area contributed by atoms with E-state index in [1.54, 1.807) is 0 Å². The maximum Gasteiger partial charge on any atom is -0.00838 e. The summed E-state index contributed by atoms with van der Waals surface area (Å²) in [6.07, 6.45) is 16.0. The Morgan fingerprint density at radius 3 is 2.44 bits per heavy atom.